The van der Waals surface area contributed by atoms with E-state index in [1.54, 1.807) is 7.11 Å². The molecule has 0 amide bonds. The van der Waals surface area contributed by atoms with Gasteiger partial charge in [0.15, 0.2) is 0 Å². The van der Waals surface area contributed by atoms with E-state index < -0.39 is 6.10 Å². The van der Waals surface area contributed by atoms with Crippen molar-refractivity contribution in [1.29, 1.82) is 0 Å². The molecule has 41 heavy (non-hydrogen) atoms. The zero-order valence-electron chi connectivity index (χ0n) is 23.4. The fraction of sp³-hybridized carbons (Fsp3) is 0.364. The van der Waals surface area contributed by atoms with Crippen molar-refractivity contribution in [3.63, 3.8) is 0 Å². The molecule has 214 valence electrons. The molecule has 2 N–H and O–H groups in total. The number of ether oxygens (including phenoxy) is 4. The summed E-state index contributed by atoms with van der Waals surface area (Å²) in [6.45, 7) is 4.84. The number of benzene rings is 3. The normalized spacial score (nSPS) is 20.4. The second-order valence-corrected chi connectivity index (χ2v) is 10.6. The first-order valence-electron chi connectivity index (χ1n) is 14.3. The summed E-state index contributed by atoms with van der Waals surface area (Å²) in [5.74, 6) is 2.00. The first-order chi connectivity index (χ1) is 20.2. The smallest absolute Gasteiger partial charge is 0.219 e. The van der Waals surface area contributed by atoms with Gasteiger partial charge in [-0.15, -0.1) is 0 Å². The Hall–Kier alpha value is -3.69. The first kappa shape index (κ1) is 27.5. The van der Waals surface area contributed by atoms with Crippen LogP contribution in [0.5, 0.6) is 17.4 Å². The van der Waals surface area contributed by atoms with Gasteiger partial charge >= 0.3 is 0 Å². The van der Waals surface area contributed by atoms with Crippen LogP contribution >= 0.6 is 0 Å². The van der Waals surface area contributed by atoms with E-state index in [2.05, 4.69) is 27.3 Å². The number of anilines is 1. The molecular weight excluding hydrogens is 518 g/mol. The summed E-state index contributed by atoms with van der Waals surface area (Å²) < 4.78 is 23.6. The van der Waals surface area contributed by atoms with Crippen molar-refractivity contribution in [2.45, 2.75) is 31.2 Å². The Kier molecular flexibility index (Phi) is 8.63. The molecule has 3 atom stereocenters. The maximum Gasteiger partial charge on any atom is 0.219 e. The first-order valence-corrected chi connectivity index (χ1v) is 14.3. The van der Waals surface area contributed by atoms with Crippen LogP contribution < -0.4 is 19.7 Å². The summed E-state index contributed by atoms with van der Waals surface area (Å²) in [6.07, 6.45) is 2.04. The fourth-order valence-electron chi connectivity index (χ4n) is 5.72. The highest BCUT2D eigenvalue weighted by Crippen LogP contribution is 2.34. The number of hydrogen-bond acceptors (Lipinski definition) is 8. The number of aliphatic hydroxyl groups is 1. The van der Waals surface area contributed by atoms with E-state index in [9.17, 15) is 5.11 Å². The second-order valence-electron chi connectivity index (χ2n) is 10.6. The van der Waals surface area contributed by atoms with Crippen molar-refractivity contribution in [3.05, 3.63) is 90.1 Å². The molecule has 2 aliphatic heterocycles. The van der Waals surface area contributed by atoms with Gasteiger partial charge in [-0.3, -0.25) is 0 Å². The predicted molar refractivity (Wildman–Crippen MR) is 159 cm³/mol. The third kappa shape index (κ3) is 6.47. The third-order valence-corrected chi connectivity index (χ3v) is 7.83. The number of β-amino-alcohol motifs (C(OH)–C–C–N with tert-alkyl or cyclic N) is 1. The van der Waals surface area contributed by atoms with Gasteiger partial charge in [0.2, 0.25) is 5.88 Å². The Morgan fingerprint density at radius 3 is 2.73 bits per heavy atom. The molecule has 0 spiro atoms. The van der Waals surface area contributed by atoms with Crippen LogP contribution in [0.25, 0.3) is 10.8 Å². The molecule has 0 saturated carbocycles. The van der Waals surface area contributed by atoms with Crippen LogP contribution in [0.2, 0.25) is 0 Å². The van der Waals surface area contributed by atoms with E-state index in [1.165, 1.54) is 0 Å². The lowest BCUT2D eigenvalue weighted by Gasteiger charge is -2.36. The van der Waals surface area contributed by atoms with Crippen LogP contribution in [0, 0.1) is 0 Å². The van der Waals surface area contributed by atoms with Crippen molar-refractivity contribution in [2.75, 3.05) is 51.4 Å². The Labute approximate surface area is 240 Å². The largest absolute Gasteiger partial charge is 0.490 e. The number of methoxy groups -OCH3 is 1. The van der Waals surface area contributed by atoms with Gasteiger partial charge in [-0.2, -0.15) is 0 Å². The van der Waals surface area contributed by atoms with Crippen LogP contribution in [0.1, 0.15) is 23.5 Å². The van der Waals surface area contributed by atoms with Gasteiger partial charge in [-0.05, 0) is 47.2 Å². The van der Waals surface area contributed by atoms with Gasteiger partial charge in [0.05, 0.1) is 31.0 Å². The number of aliphatic hydroxyl groups excluding tert-OH is 1. The Morgan fingerprint density at radius 1 is 1.02 bits per heavy atom. The fourth-order valence-corrected chi connectivity index (χ4v) is 5.72. The lowest BCUT2D eigenvalue weighted by atomic mass is 9.85. The molecule has 0 bridgehead atoms. The second kappa shape index (κ2) is 12.9. The molecule has 3 heterocycles. The van der Waals surface area contributed by atoms with Crippen molar-refractivity contribution in [2.24, 2.45) is 0 Å². The monoisotopic (exact) mass is 555 g/mol. The summed E-state index contributed by atoms with van der Waals surface area (Å²) in [5, 5.41) is 16.4. The average molecular weight is 556 g/mol. The molecule has 8 nitrogen and oxygen atoms in total. The zero-order chi connectivity index (χ0) is 28.0. The molecule has 1 fully saturated rings. The van der Waals surface area contributed by atoms with E-state index in [1.807, 2.05) is 66.9 Å². The van der Waals surface area contributed by atoms with Crippen LogP contribution in [0.15, 0.2) is 79.0 Å². The van der Waals surface area contributed by atoms with E-state index in [-0.39, 0.29) is 12.0 Å². The molecule has 1 saturated heterocycles. The highest BCUT2D eigenvalue weighted by atomic mass is 16.5. The van der Waals surface area contributed by atoms with Gasteiger partial charge in [0.1, 0.15) is 18.1 Å². The Bertz CT molecular complexity index is 1450. The van der Waals surface area contributed by atoms with Gasteiger partial charge in [-0.25, -0.2) is 4.98 Å². The molecule has 0 unspecified atom stereocenters. The highest BCUT2D eigenvalue weighted by molar-refractivity contribution is 5.82. The number of piperidine rings is 1. The SMILES string of the molecule is COCCCN1CCOc2ccc(CO[C@H]3CNC[C@@H](O)[C@@H]3c3ccc(Oc4cc5ccccc5cn4)cc3)cc21. The minimum absolute atomic E-state index is 0.157. The molecule has 3 aromatic carbocycles. The minimum atomic E-state index is -0.559. The lowest BCUT2D eigenvalue weighted by Crippen LogP contribution is -2.49. The Balaban J connectivity index is 1.12. The lowest BCUT2D eigenvalue weighted by molar-refractivity contribution is -0.0328. The molecule has 2 aliphatic rings. The van der Waals surface area contributed by atoms with Gasteiger partial charge in [0, 0.05) is 56.9 Å². The number of hydrogen-bond donors (Lipinski definition) is 2. The average Bonchev–Trinajstić information content (AvgIpc) is 3.01. The summed E-state index contributed by atoms with van der Waals surface area (Å²) >= 11 is 0. The van der Waals surface area contributed by atoms with Gasteiger partial charge in [0.25, 0.3) is 0 Å². The van der Waals surface area contributed by atoms with Crippen LogP contribution in [0.3, 0.4) is 0 Å². The minimum Gasteiger partial charge on any atom is -0.490 e. The number of rotatable bonds is 10. The summed E-state index contributed by atoms with van der Waals surface area (Å²) in [4.78, 5) is 6.79. The number of nitrogens with zero attached hydrogens (tertiary/aromatic N) is 2. The standard InChI is InChI=1S/C33H37N3O5/c1-38-15-4-13-36-14-16-39-30-12-7-23(17-28(30)36)22-40-31-21-34-20-29(37)33(31)24-8-10-27(11-9-24)41-32-18-25-5-2-3-6-26(25)19-35-32/h2-3,5-12,17-19,29,31,33-34,37H,4,13-16,20-22H2,1H3/t29-,31+,33+/m1/s1. The number of pyridine rings is 1. The summed E-state index contributed by atoms with van der Waals surface area (Å²) in [7, 11) is 1.73. The third-order valence-electron chi connectivity index (χ3n) is 7.83. The predicted octanol–water partition coefficient (Wildman–Crippen LogP) is 4.90. The van der Waals surface area contributed by atoms with E-state index in [4.69, 9.17) is 18.9 Å². The quantitative estimate of drug-likeness (QED) is 0.268. The van der Waals surface area contributed by atoms with Gasteiger partial charge in [-0.1, -0.05) is 42.5 Å². The number of aromatic nitrogens is 1. The maximum absolute atomic E-state index is 11.0. The van der Waals surface area contributed by atoms with Crippen LogP contribution in [-0.2, 0) is 16.1 Å². The highest BCUT2D eigenvalue weighted by Gasteiger charge is 2.34. The molecule has 4 aromatic rings. The van der Waals surface area contributed by atoms with Crippen molar-refractivity contribution in [1.82, 2.24) is 10.3 Å². The van der Waals surface area contributed by atoms with Crippen molar-refractivity contribution < 1.29 is 24.1 Å². The van der Waals surface area contributed by atoms with E-state index >= 15 is 0 Å². The molecular formula is C33H37N3O5. The van der Waals surface area contributed by atoms with Crippen LogP contribution in [0.4, 0.5) is 5.69 Å². The molecule has 6 rings (SSSR count). The molecule has 0 radical (unpaired) electrons. The van der Waals surface area contributed by atoms with E-state index in [0.717, 1.165) is 59.5 Å². The molecule has 1 aromatic heterocycles. The molecule has 0 aliphatic carbocycles. The Morgan fingerprint density at radius 2 is 1.88 bits per heavy atom. The van der Waals surface area contributed by atoms with Crippen LogP contribution in [-0.4, -0.2) is 68.8 Å². The molecule has 8 heteroatoms. The number of fused-ring (bicyclic) bond motifs is 2. The maximum atomic E-state index is 11.0. The topological polar surface area (TPSA) is 85.3 Å². The zero-order valence-corrected chi connectivity index (χ0v) is 23.4. The van der Waals surface area contributed by atoms with Crippen molar-refractivity contribution in [3.8, 4) is 17.4 Å². The van der Waals surface area contributed by atoms with Gasteiger partial charge < -0.3 is 34.3 Å². The summed E-state index contributed by atoms with van der Waals surface area (Å²) in [5.41, 5.74) is 3.20. The van der Waals surface area contributed by atoms with Crippen molar-refractivity contribution >= 4 is 16.5 Å². The summed E-state index contributed by atoms with van der Waals surface area (Å²) in [6, 6.07) is 24.2. The number of nitrogens with one attached hydrogen (secondary N) is 1. The van der Waals surface area contributed by atoms with E-state index in [0.29, 0.717) is 37.9 Å².